The minimum absolute atomic E-state index is 0.0218. The van der Waals surface area contributed by atoms with Crippen molar-refractivity contribution >= 4 is 5.91 Å². The van der Waals surface area contributed by atoms with E-state index in [1.165, 1.54) is 11.1 Å². The van der Waals surface area contributed by atoms with E-state index in [1.807, 2.05) is 17.9 Å². The zero-order valence-corrected chi connectivity index (χ0v) is 15.5. The number of hydrogen-bond donors (Lipinski definition) is 1. The molecule has 1 amide bonds. The van der Waals surface area contributed by atoms with Crippen molar-refractivity contribution in [3.8, 4) is 0 Å². The minimum Gasteiger partial charge on any atom is -0.374 e. The average Bonchev–Trinajstić information content (AvgIpc) is 2.63. The van der Waals surface area contributed by atoms with Gasteiger partial charge < -0.3 is 19.7 Å². The number of amides is 1. The number of benzene rings is 1. The molecule has 0 radical (unpaired) electrons. The number of ether oxygens (including phenoxy) is 2. The summed E-state index contributed by atoms with van der Waals surface area (Å²) in [5.74, 6) is 0.111. The molecule has 5 nitrogen and oxygen atoms in total. The van der Waals surface area contributed by atoms with E-state index in [-0.39, 0.29) is 30.2 Å². The molecule has 0 aliphatic carbocycles. The van der Waals surface area contributed by atoms with Crippen LogP contribution in [0.5, 0.6) is 0 Å². The molecule has 4 atom stereocenters. The van der Waals surface area contributed by atoms with Gasteiger partial charge in [-0.05, 0) is 37.9 Å². The molecule has 1 aromatic carbocycles. The topological polar surface area (TPSA) is 50.8 Å². The quantitative estimate of drug-likeness (QED) is 0.889. The van der Waals surface area contributed by atoms with Gasteiger partial charge in [-0.25, -0.2) is 0 Å². The summed E-state index contributed by atoms with van der Waals surface area (Å²) >= 11 is 0. The first-order chi connectivity index (χ1) is 12.2. The molecule has 1 saturated heterocycles. The molecule has 2 aliphatic heterocycles. The lowest BCUT2D eigenvalue weighted by Gasteiger charge is -2.41. The van der Waals surface area contributed by atoms with Gasteiger partial charge in [0.05, 0.1) is 18.8 Å². The molecule has 138 valence electrons. The molecular weight excluding hydrogens is 316 g/mol. The second-order valence-electron chi connectivity index (χ2n) is 6.87. The largest absolute Gasteiger partial charge is 0.374 e. The first kappa shape index (κ1) is 18.4. The average molecular weight is 346 g/mol. The highest BCUT2D eigenvalue weighted by Gasteiger charge is 2.38. The number of carbonyl (C=O) groups excluding carboxylic acids is 1. The van der Waals surface area contributed by atoms with Crippen LogP contribution in [0, 0.1) is 0 Å². The van der Waals surface area contributed by atoms with Crippen LogP contribution < -0.4 is 5.32 Å². The van der Waals surface area contributed by atoms with Gasteiger partial charge in [0.2, 0.25) is 0 Å². The summed E-state index contributed by atoms with van der Waals surface area (Å²) in [6.07, 6.45) is 1.22. The summed E-state index contributed by atoms with van der Waals surface area (Å²) in [6, 6.07) is 8.69. The van der Waals surface area contributed by atoms with E-state index in [0.717, 1.165) is 19.5 Å². The fourth-order valence-electron chi connectivity index (χ4n) is 4.06. The Hall–Kier alpha value is -1.43. The number of rotatable bonds is 5. The molecule has 0 saturated carbocycles. The van der Waals surface area contributed by atoms with E-state index >= 15 is 0 Å². The summed E-state index contributed by atoms with van der Waals surface area (Å²) in [5, 5.41) is 3.46. The van der Waals surface area contributed by atoms with E-state index in [1.54, 1.807) is 0 Å². The smallest absolute Gasteiger partial charge is 0.252 e. The van der Waals surface area contributed by atoms with Crippen molar-refractivity contribution in [2.24, 2.45) is 0 Å². The first-order valence-corrected chi connectivity index (χ1v) is 9.50. The molecule has 1 N–H and O–H groups in total. The van der Waals surface area contributed by atoms with E-state index in [2.05, 4.69) is 37.4 Å². The van der Waals surface area contributed by atoms with Crippen molar-refractivity contribution in [1.82, 2.24) is 10.2 Å². The third-order valence-corrected chi connectivity index (χ3v) is 5.38. The Labute approximate surface area is 150 Å². The van der Waals surface area contributed by atoms with Crippen molar-refractivity contribution in [2.45, 2.75) is 57.9 Å². The maximum Gasteiger partial charge on any atom is 0.252 e. The molecule has 0 aromatic heterocycles. The molecular formula is C20H30N2O3. The molecule has 0 bridgehead atoms. The Bertz CT molecular complexity index is 592. The van der Waals surface area contributed by atoms with Gasteiger partial charge in [0.25, 0.3) is 5.91 Å². The number of hydrogen-bond acceptors (Lipinski definition) is 4. The van der Waals surface area contributed by atoms with Crippen molar-refractivity contribution in [3.05, 3.63) is 35.4 Å². The molecule has 0 unspecified atom stereocenters. The molecule has 3 rings (SSSR count). The molecule has 1 fully saturated rings. The van der Waals surface area contributed by atoms with E-state index in [0.29, 0.717) is 19.6 Å². The predicted molar refractivity (Wildman–Crippen MR) is 97.5 cm³/mol. The summed E-state index contributed by atoms with van der Waals surface area (Å²) in [7, 11) is 0. The molecule has 1 aromatic rings. The van der Waals surface area contributed by atoms with Gasteiger partial charge in [-0.3, -0.25) is 4.79 Å². The molecule has 25 heavy (non-hydrogen) atoms. The van der Waals surface area contributed by atoms with Gasteiger partial charge in [0.15, 0.2) is 0 Å². The van der Waals surface area contributed by atoms with Crippen molar-refractivity contribution in [2.75, 3.05) is 26.3 Å². The summed E-state index contributed by atoms with van der Waals surface area (Å²) < 4.78 is 11.7. The maximum absolute atomic E-state index is 13.1. The Morgan fingerprint density at radius 3 is 2.92 bits per heavy atom. The van der Waals surface area contributed by atoms with Gasteiger partial charge >= 0.3 is 0 Å². The molecule has 2 aliphatic rings. The highest BCUT2D eigenvalue weighted by molar-refractivity contribution is 5.82. The second kappa shape index (κ2) is 8.30. The van der Waals surface area contributed by atoms with E-state index < -0.39 is 0 Å². The van der Waals surface area contributed by atoms with Crippen LogP contribution in [0.15, 0.2) is 24.3 Å². The van der Waals surface area contributed by atoms with Gasteiger partial charge in [0.1, 0.15) is 6.10 Å². The van der Waals surface area contributed by atoms with Crippen LogP contribution in [0.2, 0.25) is 0 Å². The normalized spacial score (nSPS) is 29.3. The zero-order valence-electron chi connectivity index (χ0n) is 15.5. The monoisotopic (exact) mass is 346 g/mol. The standard InChI is InChI=1S/C20H30N2O3/c1-4-21-17-12-18(25-13-19(17)24-5-2)20(23)22-11-10-15-8-6-7-9-16(15)14(22)3/h6-9,14,17-19,21H,4-5,10-13H2,1-3H3/t14-,17-,18+,19-/m0/s1. The van der Waals surface area contributed by atoms with Crippen LogP contribution in [-0.2, 0) is 20.7 Å². The minimum atomic E-state index is -0.381. The number of carbonyl (C=O) groups is 1. The highest BCUT2D eigenvalue weighted by atomic mass is 16.5. The van der Waals surface area contributed by atoms with Gasteiger partial charge in [0, 0.05) is 25.6 Å². The Kier molecular flexibility index (Phi) is 6.10. The van der Waals surface area contributed by atoms with Crippen LogP contribution in [-0.4, -0.2) is 55.4 Å². The van der Waals surface area contributed by atoms with E-state index in [4.69, 9.17) is 9.47 Å². The Morgan fingerprint density at radius 2 is 2.16 bits per heavy atom. The second-order valence-corrected chi connectivity index (χ2v) is 6.87. The van der Waals surface area contributed by atoms with Crippen LogP contribution in [0.1, 0.15) is 44.4 Å². The molecule has 5 heteroatoms. The van der Waals surface area contributed by atoms with Crippen molar-refractivity contribution in [1.29, 1.82) is 0 Å². The lowest BCUT2D eigenvalue weighted by atomic mass is 9.92. The SMILES string of the molecule is CCN[C@H]1C[C@H](C(=O)N2CCc3ccccc3[C@@H]2C)OC[C@@H]1OCC. The maximum atomic E-state index is 13.1. The molecule has 0 spiro atoms. The number of nitrogens with one attached hydrogen (secondary N) is 1. The van der Waals surface area contributed by atoms with Crippen molar-refractivity contribution in [3.63, 3.8) is 0 Å². The van der Waals surface area contributed by atoms with Crippen LogP contribution >= 0.6 is 0 Å². The van der Waals surface area contributed by atoms with E-state index in [9.17, 15) is 4.79 Å². The third kappa shape index (κ3) is 3.89. The Balaban J connectivity index is 1.69. The third-order valence-electron chi connectivity index (χ3n) is 5.38. The number of nitrogens with zero attached hydrogens (tertiary/aromatic N) is 1. The van der Waals surface area contributed by atoms with Gasteiger partial charge in [-0.1, -0.05) is 31.2 Å². The number of likely N-dealkylation sites (N-methyl/N-ethyl adjacent to an activating group) is 1. The summed E-state index contributed by atoms with van der Waals surface area (Å²) in [6.45, 7) is 8.95. The number of fused-ring (bicyclic) bond motifs is 1. The predicted octanol–water partition coefficient (Wildman–Crippen LogP) is 2.30. The van der Waals surface area contributed by atoms with Crippen LogP contribution in [0.3, 0.4) is 0 Å². The summed E-state index contributed by atoms with van der Waals surface area (Å²) in [5.41, 5.74) is 2.61. The van der Waals surface area contributed by atoms with Crippen LogP contribution in [0.4, 0.5) is 0 Å². The van der Waals surface area contributed by atoms with Gasteiger partial charge in [-0.15, -0.1) is 0 Å². The lowest BCUT2D eigenvalue weighted by molar-refractivity contribution is -0.159. The fourth-order valence-corrected chi connectivity index (χ4v) is 4.06. The highest BCUT2D eigenvalue weighted by Crippen LogP contribution is 2.31. The first-order valence-electron chi connectivity index (χ1n) is 9.50. The lowest BCUT2D eigenvalue weighted by Crippen LogP contribution is -2.55. The van der Waals surface area contributed by atoms with Crippen molar-refractivity contribution < 1.29 is 14.3 Å². The van der Waals surface area contributed by atoms with Gasteiger partial charge in [-0.2, -0.15) is 0 Å². The van der Waals surface area contributed by atoms with Crippen LogP contribution in [0.25, 0.3) is 0 Å². The Morgan fingerprint density at radius 1 is 1.36 bits per heavy atom. The molecule has 2 heterocycles. The fraction of sp³-hybridized carbons (Fsp3) is 0.650. The summed E-state index contributed by atoms with van der Waals surface area (Å²) in [4.78, 5) is 15.1. The zero-order chi connectivity index (χ0) is 17.8.